The van der Waals surface area contributed by atoms with E-state index in [-0.39, 0.29) is 0 Å². The highest BCUT2D eigenvalue weighted by atomic mass is 35.5. The summed E-state index contributed by atoms with van der Waals surface area (Å²) in [6, 6.07) is 7.43. The molecule has 0 N–H and O–H groups in total. The summed E-state index contributed by atoms with van der Waals surface area (Å²) in [6.45, 7) is 2.39. The molecule has 0 aliphatic carbocycles. The van der Waals surface area contributed by atoms with Crippen LogP contribution in [0, 0.1) is 11.3 Å². The van der Waals surface area contributed by atoms with E-state index in [1.165, 1.54) is 0 Å². The van der Waals surface area contributed by atoms with Crippen molar-refractivity contribution in [3.05, 3.63) is 40.8 Å². The second-order valence-corrected chi connectivity index (χ2v) is 4.30. The molecule has 0 aliphatic rings. The first-order valence-corrected chi connectivity index (χ1v) is 6.22. The normalized spacial score (nSPS) is 11.9. The lowest BCUT2D eigenvalue weighted by Gasteiger charge is -2.11. The number of ether oxygens (including phenoxy) is 1. The number of rotatable bonds is 4. The van der Waals surface area contributed by atoms with Gasteiger partial charge >= 0.3 is 0 Å². The van der Waals surface area contributed by atoms with E-state index < -0.39 is 5.92 Å². The molecule has 0 fully saturated rings. The minimum atomic E-state index is -0.547. The van der Waals surface area contributed by atoms with Gasteiger partial charge in [-0.25, -0.2) is 9.67 Å². The highest BCUT2D eigenvalue weighted by Crippen LogP contribution is 2.30. The Morgan fingerprint density at radius 3 is 2.95 bits per heavy atom. The van der Waals surface area contributed by atoms with Crippen molar-refractivity contribution < 1.29 is 4.74 Å². The van der Waals surface area contributed by atoms with Crippen LogP contribution in [0.3, 0.4) is 0 Å². The van der Waals surface area contributed by atoms with Crippen LogP contribution in [0.25, 0.3) is 0 Å². The molecule has 98 valence electrons. The van der Waals surface area contributed by atoms with Gasteiger partial charge in [0.2, 0.25) is 5.88 Å². The number of pyridine rings is 1. The third-order valence-electron chi connectivity index (χ3n) is 2.66. The van der Waals surface area contributed by atoms with Crippen molar-refractivity contribution in [1.82, 2.24) is 14.8 Å². The Morgan fingerprint density at radius 2 is 2.32 bits per heavy atom. The number of aromatic nitrogens is 3. The summed E-state index contributed by atoms with van der Waals surface area (Å²) < 4.78 is 7.14. The second-order valence-electron chi connectivity index (χ2n) is 3.91. The smallest absolute Gasteiger partial charge is 0.216 e. The second kappa shape index (κ2) is 5.72. The molecule has 2 aromatic heterocycles. The molecular weight excluding hydrogens is 264 g/mol. The van der Waals surface area contributed by atoms with Gasteiger partial charge in [0.1, 0.15) is 11.1 Å². The molecule has 0 aromatic carbocycles. The first kappa shape index (κ1) is 13.4. The van der Waals surface area contributed by atoms with E-state index in [0.717, 1.165) is 0 Å². The zero-order valence-corrected chi connectivity index (χ0v) is 11.4. The van der Waals surface area contributed by atoms with Crippen LogP contribution in [-0.4, -0.2) is 21.4 Å². The third-order valence-corrected chi connectivity index (χ3v) is 2.87. The maximum Gasteiger partial charge on any atom is 0.216 e. The van der Waals surface area contributed by atoms with Gasteiger partial charge in [0.25, 0.3) is 0 Å². The van der Waals surface area contributed by atoms with E-state index in [1.54, 1.807) is 36.1 Å². The quantitative estimate of drug-likeness (QED) is 0.805. The average molecular weight is 277 g/mol. The zero-order valence-electron chi connectivity index (χ0n) is 10.7. The van der Waals surface area contributed by atoms with Crippen LogP contribution >= 0.6 is 11.6 Å². The number of halogens is 1. The summed E-state index contributed by atoms with van der Waals surface area (Å²) in [5.74, 6) is 0.0322. The predicted octanol–water partition coefficient (Wildman–Crippen LogP) is 2.52. The fourth-order valence-corrected chi connectivity index (χ4v) is 2.00. The Morgan fingerprint density at radius 1 is 1.53 bits per heavy atom. The van der Waals surface area contributed by atoms with Crippen LogP contribution in [0.1, 0.15) is 24.1 Å². The van der Waals surface area contributed by atoms with Gasteiger partial charge in [-0.05, 0) is 19.1 Å². The molecule has 0 radical (unpaired) electrons. The molecule has 2 aromatic rings. The van der Waals surface area contributed by atoms with E-state index in [1.807, 2.05) is 6.92 Å². The zero-order chi connectivity index (χ0) is 13.8. The largest absolute Gasteiger partial charge is 0.478 e. The molecule has 0 bridgehead atoms. The van der Waals surface area contributed by atoms with E-state index in [4.69, 9.17) is 16.3 Å². The molecule has 0 saturated carbocycles. The Balaban J connectivity index is 2.46. The van der Waals surface area contributed by atoms with Crippen molar-refractivity contribution in [2.45, 2.75) is 12.8 Å². The van der Waals surface area contributed by atoms with Gasteiger partial charge < -0.3 is 4.74 Å². The Labute approximate surface area is 116 Å². The predicted molar refractivity (Wildman–Crippen MR) is 71.1 cm³/mol. The topological polar surface area (TPSA) is 63.7 Å². The summed E-state index contributed by atoms with van der Waals surface area (Å²) in [7, 11) is 1.77. The minimum absolute atomic E-state index is 0.361. The van der Waals surface area contributed by atoms with Crippen LogP contribution < -0.4 is 4.74 Å². The monoisotopic (exact) mass is 276 g/mol. The summed E-state index contributed by atoms with van der Waals surface area (Å²) in [5, 5.41) is 13.9. The van der Waals surface area contributed by atoms with E-state index in [9.17, 15) is 5.26 Å². The summed E-state index contributed by atoms with van der Waals surface area (Å²) in [5.41, 5.74) is 1.28. The first-order chi connectivity index (χ1) is 9.17. The van der Waals surface area contributed by atoms with Crippen LogP contribution in [-0.2, 0) is 7.05 Å². The molecule has 2 heterocycles. The summed E-state index contributed by atoms with van der Waals surface area (Å²) in [6.07, 6.45) is 1.63. The van der Waals surface area contributed by atoms with Crippen molar-refractivity contribution in [2.75, 3.05) is 6.61 Å². The first-order valence-electron chi connectivity index (χ1n) is 5.84. The number of nitriles is 1. The lowest BCUT2D eigenvalue weighted by Crippen LogP contribution is -2.05. The van der Waals surface area contributed by atoms with Crippen molar-refractivity contribution in [2.24, 2.45) is 7.05 Å². The maximum atomic E-state index is 9.40. The molecule has 6 heteroatoms. The van der Waals surface area contributed by atoms with Crippen molar-refractivity contribution in [3.8, 4) is 11.9 Å². The molecule has 0 saturated heterocycles. The van der Waals surface area contributed by atoms with Crippen LogP contribution in [0.2, 0.25) is 5.15 Å². The van der Waals surface area contributed by atoms with Gasteiger partial charge in [0.15, 0.2) is 0 Å². The van der Waals surface area contributed by atoms with Gasteiger partial charge in [0, 0.05) is 7.05 Å². The van der Waals surface area contributed by atoms with Gasteiger partial charge in [-0.2, -0.15) is 10.4 Å². The molecule has 5 nitrogen and oxygen atoms in total. The van der Waals surface area contributed by atoms with Gasteiger partial charge in [0.05, 0.1) is 30.1 Å². The fourth-order valence-electron chi connectivity index (χ4n) is 1.83. The Bertz CT molecular complexity index is 617. The van der Waals surface area contributed by atoms with Crippen LogP contribution in [0.4, 0.5) is 0 Å². The van der Waals surface area contributed by atoms with Crippen LogP contribution in [0.5, 0.6) is 5.88 Å². The number of hydrogen-bond acceptors (Lipinski definition) is 4. The molecule has 0 spiro atoms. The molecule has 0 aliphatic heterocycles. The Hall–Kier alpha value is -2.06. The molecule has 19 heavy (non-hydrogen) atoms. The van der Waals surface area contributed by atoms with Gasteiger partial charge in [-0.3, -0.25) is 0 Å². The molecular formula is C13H13ClN4O. The fraction of sp³-hybridized carbons (Fsp3) is 0.308. The van der Waals surface area contributed by atoms with E-state index in [0.29, 0.717) is 28.9 Å². The van der Waals surface area contributed by atoms with Crippen molar-refractivity contribution in [1.29, 1.82) is 5.26 Å². The van der Waals surface area contributed by atoms with Crippen molar-refractivity contribution >= 4 is 11.6 Å². The summed E-state index contributed by atoms with van der Waals surface area (Å²) >= 11 is 5.87. The highest BCUT2D eigenvalue weighted by molar-refractivity contribution is 6.29. The number of nitrogens with zero attached hydrogens (tertiary/aromatic N) is 4. The molecule has 0 amide bonds. The van der Waals surface area contributed by atoms with E-state index in [2.05, 4.69) is 16.2 Å². The number of aryl methyl sites for hydroxylation is 1. The molecule has 2 rings (SSSR count). The lowest BCUT2D eigenvalue weighted by molar-refractivity contribution is 0.306. The minimum Gasteiger partial charge on any atom is -0.478 e. The van der Waals surface area contributed by atoms with E-state index >= 15 is 0 Å². The third kappa shape index (κ3) is 2.69. The SMILES string of the molecule is CCOc1c(C(C#N)c2cccc(Cl)n2)cnn1C. The van der Waals surface area contributed by atoms with Crippen LogP contribution in [0.15, 0.2) is 24.4 Å². The van der Waals surface area contributed by atoms with Crippen molar-refractivity contribution in [3.63, 3.8) is 0 Å². The molecule has 1 atom stereocenters. The lowest BCUT2D eigenvalue weighted by atomic mass is 9.99. The highest BCUT2D eigenvalue weighted by Gasteiger charge is 2.23. The average Bonchev–Trinajstić information content (AvgIpc) is 2.74. The molecule has 1 unspecified atom stereocenters. The Kier molecular flexibility index (Phi) is 4.03. The maximum absolute atomic E-state index is 9.40. The standard InChI is InChI=1S/C13H13ClN4O/c1-3-19-13-10(8-16-18(13)2)9(7-15)11-5-4-6-12(14)17-11/h4-6,8-9H,3H2,1-2H3. The van der Waals surface area contributed by atoms with Gasteiger partial charge in [-0.1, -0.05) is 17.7 Å². The number of hydrogen-bond donors (Lipinski definition) is 0. The summed E-state index contributed by atoms with van der Waals surface area (Å²) in [4.78, 5) is 4.18. The van der Waals surface area contributed by atoms with Gasteiger partial charge in [-0.15, -0.1) is 0 Å².